The Morgan fingerprint density at radius 3 is 1.43 bits per heavy atom. The van der Waals surface area contributed by atoms with E-state index in [1.807, 2.05) is 30.3 Å². The maximum Gasteiger partial charge on any atom is 0.164 e. The number of hydrogen-bond acceptors (Lipinski definition) is 4. The predicted molar refractivity (Wildman–Crippen MR) is 229 cm³/mol. The van der Waals surface area contributed by atoms with Crippen molar-refractivity contribution < 1.29 is 4.42 Å². The minimum atomic E-state index is 0.606. The van der Waals surface area contributed by atoms with Gasteiger partial charge in [0.15, 0.2) is 17.5 Å². The normalized spacial score (nSPS) is 11.6. The first kappa shape index (κ1) is 31.9. The molecule has 0 saturated carbocycles. The molecule has 0 fully saturated rings. The van der Waals surface area contributed by atoms with Gasteiger partial charge in [-0.3, -0.25) is 0 Å². The molecule has 0 amide bonds. The Morgan fingerprint density at radius 2 is 0.786 bits per heavy atom. The van der Waals surface area contributed by atoms with Crippen LogP contribution in [0, 0.1) is 0 Å². The van der Waals surface area contributed by atoms with Gasteiger partial charge in [0, 0.05) is 32.8 Å². The molecule has 0 aliphatic carbocycles. The van der Waals surface area contributed by atoms with Crippen LogP contribution < -0.4 is 0 Å². The maximum atomic E-state index is 6.34. The fraction of sp³-hybridized carbons (Fsp3) is 0. The lowest BCUT2D eigenvalue weighted by atomic mass is 10.0. The van der Waals surface area contributed by atoms with Gasteiger partial charge in [-0.2, -0.15) is 0 Å². The van der Waals surface area contributed by atoms with E-state index in [1.54, 1.807) is 0 Å². The molecule has 262 valence electrons. The molecule has 8 aromatic carbocycles. The van der Waals surface area contributed by atoms with Gasteiger partial charge in [-0.15, -0.1) is 0 Å². The summed E-state index contributed by atoms with van der Waals surface area (Å²) in [5, 5.41) is 4.49. The molecule has 0 aliphatic rings. The molecule has 0 N–H and O–H groups in total. The lowest BCUT2D eigenvalue weighted by Gasteiger charge is -2.12. The first-order valence-electron chi connectivity index (χ1n) is 18.8. The van der Waals surface area contributed by atoms with E-state index in [9.17, 15) is 0 Å². The Morgan fingerprint density at radius 1 is 0.321 bits per heavy atom. The third kappa shape index (κ3) is 5.37. The van der Waals surface area contributed by atoms with Crippen LogP contribution in [-0.4, -0.2) is 19.5 Å². The van der Waals surface area contributed by atoms with Crippen molar-refractivity contribution in [2.24, 2.45) is 0 Å². The lowest BCUT2D eigenvalue weighted by molar-refractivity contribution is 0.669. The van der Waals surface area contributed by atoms with Gasteiger partial charge in [-0.1, -0.05) is 164 Å². The second-order valence-corrected chi connectivity index (χ2v) is 14.0. The molecule has 0 radical (unpaired) electrons. The number of furan rings is 1. The van der Waals surface area contributed by atoms with Crippen LogP contribution in [0.2, 0.25) is 0 Å². The molecule has 5 nitrogen and oxygen atoms in total. The summed E-state index contributed by atoms with van der Waals surface area (Å²) in [5.74, 6) is 1.84. The van der Waals surface area contributed by atoms with Crippen LogP contribution in [0.4, 0.5) is 0 Å². The topological polar surface area (TPSA) is 56.7 Å². The summed E-state index contributed by atoms with van der Waals surface area (Å²) in [4.78, 5) is 15.4. The van der Waals surface area contributed by atoms with E-state index < -0.39 is 0 Å². The molecule has 5 heteroatoms. The van der Waals surface area contributed by atoms with E-state index in [0.29, 0.717) is 17.5 Å². The Kier molecular flexibility index (Phi) is 7.42. The predicted octanol–water partition coefficient (Wildman–Crippen LogP) is 13.2. The van der Waals surface area contributed by atoms with Crippen molar-refractivity contribution in [1.29, 1.82) is 0 Å². The van der Waals surface area contributed by atoms with Gasteiger partial charge >= 0.3 is 0 Å². The highest BCUT2D eigenvalue weighted by Gasteiger charge is 2.20. The number of aromatic nitrogens is 4. The Labute approximate surface area is 322 Å². The van der Waals surface area contributed by atoms with E-state index in [4.69, 9.17) is 19.4 Å². The molecule has 11 rings (SSSR count). The van der Waals surface area contributed by atoms with Crippen LogP contribution in [0.3, 0.4) is 0 Å². The fourth-order valence-electron chi connectivity index (χ4n) is 7.96. The SMILES string of the molecule is c1ccc(-c2ccc(-c3nc(-c4ccc(-c5ccccc5)cc4)nc(-c4ccc5c6ccccc6n(-c6cccc7oc8ccccc8c67)c5c4)n3)cc2)cc1. The van der Waals surface area contributed by atoms with E-state index in [2.05, 4.69) is 168 Å². The highest BCUT2D eigenvalue weighted by Crippen LogP contribution is 2.40. The van der Waals surface area contributed by atoms with E-state index >= 15 is 0 Å². The molecular weight excluding hydrogens is 685 g/mol. The van der Waals surface area contributed by atoms with E-state index in [1.165, 1.54) is 5.39 Å². The van der Waals surface area contributed by atoms with Gasteiger partial charge in [-0.05, 0) is 52.6 Å². The minimum Gasteiger partial charge on any atom is -0.456 e. The molecule has 11 aromatic rings. The Bertz CT molecular complexity index is 3120. The maximum absolute atomic E-state index is 6.34. The number of fused-ring (bicyclic) bond motifs is 6. The van der Waals surface area contributed by atoms with Gasteiger partial charge in [0.2, 0.25) is 0 Å². The minimum absolute atomic E-state index is 0.606. The zero-order chi connectivity index (χ0) is 37.0. The molecule has 3 aromatic heterocycles. The fourth-order valence-corrected chi connectivity index (χ4v) is 7.96. The largest absolute Gasteiger partial charge is 0.456 e. The van der Waals surface area contributed by atoms with Crippen molar-refractivity contribution in [3.05, 3.63) is 194 Å². The summed E-state index contributed by atoms with van der Waals surface area (Å²) in [5.41, 5.74) is 12.3. The lowest BCUT2D eigenvalue weighted by Crippen LogP contribution is -2.00. The van der Waals surface area contributed by atoms with Crippen molar-refractivity contribution in [1.82, 2.24) is 19.5 Å². The number of benzene rings is 8. The summed E-state index contributed by atoms with van der Waals surface area (Å²) < 4.78 is 8.70. The molecule has 0 saturated heterocycles. The van der Waals surface area contributed by atoms with Crippen molar-refractivity contribution in [2.45, 2.75) is 0 Å². The van der Waals surface area contributed by atoms with Crippen LogP contribution in [0.5, 0.6) is 0 Å². The van der Waals surface area contributed by atoms with Crippen LogP contribution in [0.1, 0.15) is 0 Å². The monoisotopic (exact) mass is 716 g/mol. The first-order valence-corrected chi connectivity index (χ1v) is 18.8. The van der Waals surface area contributed by atoms with Crippen molar-refractivity contribution in [2.75, 3.05) is 0 Å². The molecule has 56 heavy (non-hydrogen) atoms. The third-order valence-corrected chi connectivity index (χ3v) is 10.7. The van der Waals surface area contributed by atoms with Gasteiger partial charge in [-0.25, -0.2) is 15.0 Å². The van der Waals surface area contributed by atoms with E-state index in [0.717, 1.165) is 83.0 Å². The van der Waals surface area contributed by atoms with Crippen molar-refractivity contribution in [3.63, 3.8) is 0 Å². The molecule has 3 heterocycles. The average molecular weight is 717 g/mol. The smallest absolute Gasteiger partial charge is 0.164 e. The zero-order valence-electron chi connectivity index (χ0n) is 30.2. The number of hydrogen-bond donors (Lipinski definition) is 0. The zero-order valence-corrected chi connectivity index (χ0v) is 30.2. The summed E-state index contributed by atoms with van der Waals surface area (Å²) in [7, 11) is 0. The summed E-state index contributed by atoms with van der Waals surface area (Å²) in [6, 6.07) is 67.4. The number of para-hydroxylation sites is 2. The standard InChI is InChI=1S/C51H32N4O/c1-3-12-33(13-4-1)35-22-26-37(27-23-35)49-52-50(38-28-24-36(25-29-38)34-14-5-2-6-15-34)54-51(53-49)39-30-31-41-40-16-7-9-18-43(40)55(45(41)32-39)44-19-11-21-47-48(44)42-17-8-10-20-46(42)56-47/h1-32H. The van der Waals surface area contributed by atoms with Crippen LogP contribution in [0.25, 0.3) is 106 Å². The Balaban J connectivity index is 1.10. The van der Waals surface area contributed by atoms with Gasteiger partial charge in [0.1, 0.15) is 11.2 Å². The molecule has 0 unspecified atom stereocenters. The second-order valence-electron chi connectivity index (χ2n) is 14.0. The summed E-state index contributed by atoms with van der Waals surface area (Å²) >= 11 is 0. The van der Waals surface area contributed by atoms with E-state index in [-0.39, 0.29) is 0 Å². The molecule has 0 bridgehead atoms. The van der Waals surface area contributed by atoms with Gasteiger partial charge in [0.25, 0.3) is 0 Å². The van der Waals surface area contributed by atoms with Crippen LogP contribution in [0.15, 0.2) is 199 Å². The average Bonchev–Trinajstić information content (AvgIpc) is 3.83. The van der Waals surface area contributed by atoms with Crippen LogP contribution in [-0.2, 0) is 0 Å². The van der Waals surface area contributed by atoms with Crippen molar-refractivity contribution in [3.8, 4) is 62.1 Å². The van der Waals surface area contributed by atoms with Gasteiger partial charge in [0.05, 0.1) is 22.1 Å². The highest BCUT2D eigenvalue weighted by atomic mass is 16.3. The number of rotatable bonds is 6. The summed E-state index contributed by atoms with van der Waals surface area (Å²) in [6.45, 7) is 0. The second kappa shape index (κ2) is 13.0. The molecular formula is C51H32N4O. The highest BCUT2D eigenvalue weighted by molar-refractivity contribution is 6.14. The van der Waals surface area contributed by atoms with Gasteiger partial charge < -0.3 is 8.98 Å². The van der Waals surface area contributed by atoms with Crippen LogP contribution >= 0.6 is 0 Å². The Hall–Kier alpha value is -7.63. The third-order valence-electron chi connectivity index (χ3n) is 10.7. The summed E-state index contributed by atoms with van der Waals surface area (Å²) in [6.07, 6.45) is 0. The number of nitrogens with zero attached hydrogens (tertiary/aromatic N) is 4. The van der Waals surface area contributed by atoms with Crippen molar-refractivity contribution >= 4 is 43.7 Å². The molecule has 0 atom stereocenters. The molecule has 0 aliphatic heterocycles. The molecule has 0 spiro atoms. The first-order chi connectivity index (χ1) is 27.7. The quantitative estimate of drug-likeness (QED) is 0.172.